The summed E-state index contributed by atoms with van der Waals surface area (Å²) in [7, 11) is -0.596. The molecule has 0 bridgehead atoms. The number of benzene rings is 2. The van der Waals surface area contributed by atoms with Gasteiger partial charge in [-0.15, -0.1) is 0 Å². The second-order valence-corrected chi connectivity index (χ2v) is 8.35. The average molecular weight is 406 g/mol. The highest BCUT2D eigenvalue weighted by atomic mass is 32.2. The molecule has 1 aliphatic heterocycles. The minimum atomic E-state index is -3.60. The first kappa shape index (κ1) is 20.4. The maximum Gasteiger partial charge on any atom is 0.240 e. The third kappa shape index (κ3) is 4.95. The zero-order valence-corrected chi connectivity index (χ0v) is 17.1. The lowest BCUT2D eigenvalue weighted by atomic mass is 10.2. The summed E-state index contributed by atoms with van der Waals surface area (Å²) in [6.07, 6.45) is 0. The van der Waals surface area contributed by atoms with E-state index in [9.17, 15) is 8.42 Å². The van der Waals surface area contributed by atoms with Gasteiger partial charge in [-0.3, -0.25) is 4.90 Å². The molecule has 0 radical (unpaired) electrons. The van der Waals surface area contributed by atoms with Crippen molar-refractivity contribution in [2.45, 2.75) is 4.90 Å². The van der Waals surface area contributed by atoms with Crippen LogP contribution < -0.4 is 19.1 Å². The monoisotopic (exact) mass is 405 g/mol. The van der Waals surface area contributed by atoms with E-state index >= 15 is 0 Å². The predicted molar refractivity (Wildman–Crippen MR) is 110 cm³/mol. The smallest absolute Gasteiger partial charge is 0.240 e. The molecule has 0 saturated carbocycles. The van der Waals surface area contributed by atoms with Crippen molar-refractivity contribution in [3.05, 3.63) is 48.5 Å². The number of hydrogen-bond donors (Lipinski definition) is 1. The van der Waals surface area contributed by atoms with Gasteiger partial charge in [-0.1, -0.05) is 18.2 Å². The molecule has 2 aromatic rings. The van der Waals surface area contributed by atoms with Crippen LogP contribution in [0.1, 0.15) is 0 Å². The number of methoxy groups -OCH3 is 2. The zero-order valence-electron chi connectivity index (χ0n) is 16.3. The van der Waals surface area contributed by atoms with E-state index in [4.69, 9.17) is 9.47 Å². The molecule has 0 spiro atoms. The first-order chi connectivity index (χ1) is 13.5. The number of nitrogens with one attached hydrogen (secondary N) is 1. The highest BCUT2D eigenvalue weighted by Gasteiger charge is 2.19. The number of hydrogen-bond acceptors (Lipinski definition) is 6. The van der Waals surface area contributed by atoms with Gasteiger partial charge in [0, 0.05) is 51.0 Å². The molecule has 0 aliphatic carbocycles. The third-order valence-corrected chi connectivity index (χ3v) is 6.34. The standard InChI is InChI=1S/C20H27N3O4S/c1-26-19-9-8-18(16-20(19)27-2)28(24,25)21-10-11-22-12-14-23(15-13-22)17-6-4-3-5-7-17/h3-9,16,21H,10-15H2,1-2H3. The van der Waals surface area contributed by atoms with Crippen LogP contribution in [0.15, 0.2) is 53.4 Å². The number of piperazine rings is 1. The predicted octanol–water partition coefficient (Wildman–Crippen LogP) is 1.80. The van der Waals surface area contributed by atoms with Crippen molar-refractivity contribution in [3.63, 3.8) is 0 Å². The van der Waals surface area contributed by atoms with Crippen molar-refractivity contribution in [1.29, 1.82) is 0 Å². The van der Waals surface area contributed by atoms with Crippen molar-refractivity contribution in [1.82, 2.24) is 9.62 Å². The Bertz CT molecular complexity index is 866. The number of ether oxygens (including phenoxy) is 2. The molecule has 3 rings (SSSR count). The molecule has 2 aromatic carbocycles. The molecule has 8 heteroatoms. The summed E-state index contributed by atoms with van der Waals surface area (Å²) < 4.78 is 38.1. The molecular weight excluding hydrogens is 378 g/mol. The molecule has 1 aliphatic rings. The molecule has 0 atom stereocenters. The number of anilines is 1. The van der Waals surface area contributed by atoms with E-state index in [-0.39, 0.29) is 4.90 Å². The average Bonchev–Trinajstić information content (AvgIpc) is 2.74. The quantitative estimate of drug-likeness (QED) is 0.722. The van der Waals surface area contributed by atoms with Gasteiger partial charge in [-0.25, -0.2) is 13.1 Å². The Balaban J connectivity index is 1.50. The molecule has 0 unspecified atom stereocenters. The van der Waals surface area contributed by atoms with Gasteiger partial charge in [-0.05, 0) is 24.3 Å². The highest BCUT2D eigenvalue weighted by molar-refractivity contribution is 7.89. The summed E-state index contributed by atoms with van der Waals surface area (Å²) in [4.78, 5) is 4.79. The summed E-state index contributed by atoms with van der Waals surface area (Å²) in [6.45, 7) is 4.73. The fourth-order valence-corrected chi connectivity index (χ4v) is 4.31. The normalized spacial score (nSPS) is 15.4. The summed E-state index contributed by atoms with van der Waals surface area (Å²) in [5, 5.41) is 0. The Morgan fingerprint density at radius 2 is 1.61 bits per heavy atom. The van der Waals surface area contributed by atoms with E-state index < -0.39 is 10.0 Å². The van der Waals surface area contributed by atoms with Crippen molar-refractivity contribution in [3.8, 4) is 11.5 Å². The van der Waals surface area contributed by atoms with Gasteiger partial charge in [0.25, 0.3) is 0 Å². The van der Waals surface area contributed by atoms with Crippen LogP contribution in [-0.4, -0.2) is 66.8 Å². The molecule has 1 saturated heterocycles. The van der Waals surface area contributed by atoms with Crippen molar-refractivity contribution >= 4 is 15.7 Å². The lowest BCUT2D eigenvalue weighted by molar-refractivity contribution is 0.262. The van der Waals surface area contributed by atoms with Crippen LogP contribution in [-0.2, 0) is 10.0 Å². The minimum absolute atomic E-state index is 0.166. The number of rotatable bonds is 8. The topological polar surface area (TPSA) is 71.1 Å². The number of sulfonamides is 1. The molecule has 0 amide bonds. The minimum Gasteiger partial charge on any atom is -0.493 e. The van der Waals surface area contributed by atoms with Crippen LogP contribution in [0.5, 0.6) is 11.5 Å². The second kappa shape index (κ2) is 9.27. The zero-order chi connectivity index (χ0) is 20.0. The first-order valence-corrected chi connectivity index (χ1v) is 10.8. The van der Waals surface area contributed by atoms with E-state index in [1.54, 1.807) is 6.07 Å². The SMILES string of the molecule is COc1ccc(S(=O)(=O)NCCN2CCN(c3ccccc3)CC2)cc1OC. The Morgan fingerprint density at radius 1 is 0.929 bits per heavy atom. The summed E-state index contributed by atoms with van der Waals surface area (Å²) in [5.74, 6) is 0.889. The lowest BCUT2D eigenvalue weighted by Gasteiger charge is -2.36. The maximum absolute atomic E-state index is 12.5. The van der Waals surface area contributed by atoms with Gasteiger partial charge >= 0.3 is 0 Å². The maximum atomic E-state index is 12.5. The summed E-state index contributed by atoms with van der Waals surface area (Å²) in [6, 6.07) is 14.9. The van der Waals surface area contributed by atoms with E-state index in [0.29, 0.717) is 24.6 Å². The fraction of sp³-hybridized carbons (Fsp3) is 0.400. The van der Waals surface area contributed by atoms with Crippen LogP contribution in [0, 0.1) is 0 Å². The van der Waals surface area contributed by atoms with Crippen LogP contribution in [0.3, 0.4) is 0 Å². The van der Waals surface area contributed by atoms with Crippen LogP contribution in [0.4, 0.5) is 5.69 Å². The van der Waals surface area contributed by atoms with Crippen LogP contribution >= 0.6 is 0 Å². The second-order valence-electron chi connectivity index (χ2n) is 6.58. The molecule has 7 nitrogen and oxygen atoms in total. The van der Waals surface area contributed by atoms with Gasteiger partial charge in [0.2, 0.25) is 10.0 Å². The van der Waals surface area contributed by atoms with E-state index in [1.165, 1.54) is 32.0 Å². The number of para-hydroxylation sites is 1. The van der Waals surface area contributed by atoms with E-state index in [1.807, 2.05) is 18.2 Å². The Kier molecular flexibility index (Phi) is 6.77. The fourth-order valence-electron chi connectivity index (χ4n) is 3.27. The first-order valence-electron chi connectivity index (χ1n) is 9.27. The molecule has 1 fully saturated rings. The molecule has 152 valence electrons. The van der Waals surface area contributed by atoms with E-state index in [0.717, 1.165) is 26.2 Å². The van der Waals surface area contributed by atoms with Gasteiger partial charge in [0.1, 0.15) is 0 Å². The Morgan fingerprint density at radius 3 is 2.25 bits per heavy atom. The Labute approximate surface area is 166 Å². The van der Waals surface area contributed by atoms with Gasteiger partial charge < -0.3 is 14.4 Å². The number of nitrogens with zero attached hydrogens (tertiary/aromatic N) is 2. The molecule has 28 heavy (non-hydrogen) atoms. The largest absolute Gasteiger partial charge is 0.493 e. The molecular formula is C20H27N3O4S. The molecule has 0 aromatic heterocycles. The van der Waals surface area contributed by atoms with Gasteiger partial charge in [0.15, 0.2) is 11.5 Å². The summed E-state index contributed by atoms with van der Waals surface area (Å²) >= 11 is 0. The van der Waals surface area contributed by atoms with Gasteiger partial charge in [-0.2, -0.15) is 0 Å². The van der Waals surface area contributed by atoms with Crippen molar-refractivity contribution in [2.75, 3.05) is 58.4 Å². The van der Waals surface area contributed by atoms with E-state index in [2.05, 4.69) is 26.7 Å². The third-order valence-electron chi connectivity index (χ3n) is 4.88. The van der Waals surface area contributed by atoms with Crippen molar-refractivity contribution in [2.24, 2.45) is 0 Å². The van der Waals surface area contributed by atoms with Gasteiger partial charge in [0.05, 0.1) is 19.1 Å². The molecule has 1 N–H and O–H groups in total. The van der Waals surface area contributed by atoms with Crippen LogP contribution in [0.2, 0.25) is 0 Å². The van der Waals surface area contributed by atoms with Crippen LogP contribution in [0.25, 0.3) is 0 Å². The summed E-state index contributed by atoms with van der Waals surface area (Å²) in [5.41, 5.74) is 1.23. The Hall–Kier alpha value is -2.29. The molecule has 1 heterocycles. The highest BCUT2D eigenvalue weighted by Crippen LogP contribution is 2.29. The lowest BCUT2D eigenvalue weighted by Crippen LogP contribution is -2.48. The van der Waals surface area contributed by atoms with Crippen molar-refractivity contribution < 1.29 is 17.9 Å².